The molecule has 0 unspecified atom stereocenters. The van der Waals surface area contributed by atoms with E-state index in [4.69, 9.17) is 4.74 Å². The van der Waals surface area contributed by atoms with Crippen LogP contribution in [0.4, 0.5) is 5.69 Å². The number of benzene rings is 1. The Bertz CT molecular complexity index is 636. The van der Waals surface area contributed by atoms with E-state index in [1.54, 1.807) is 6.07 Å². The predicted molar refractivity (Wildman–Crippen MR) is 85.6 cm³/mol. The van der Waals surface area contributed by atoms with Gasteiger partial charge in [0.25, 0.3) is 5.91 Å². The highest BCUT2D eigenvalue weighted by Crippen LogP contribution is 2.38. The SMILES string of the molecule is CC[C@H]1CC[C@H](N2Cc3cc(OC)c([N+](=O)[O-])cc3C2=O)CC1. The Morgan fingerprint density at radius 3 is 2.57 bits per heavy atom. The molecule has 1 aromatic rings. The molecule has 0 atom stereocenters. The fourth-order valence-corrected chi connectivity index (χ4v) is 3.82. The maximum absolute atomic E-state index is 12.7. The lowest BCUT2D eigenvalue weighted by molar-refractivity contribution is -0.385. The first-order chi connectivity index (χ1) is 11.0. The van der Waals surface area contributed by atoms with Crippen molar-refractivity contribution in [1.82, 2.24) is 4.90 Å². The number of ether oxygens (including phenoxy) is 1. The summed E-state index contributed by atoms with van der Waals surface area (Å²) in [6.45, 7) is 2.75. The van der Waals surface area contributed by atoms with E-state index in [-0.39, 0.29) is 23.4 Å². The fourth-order valence-electron chi connectivity index (χ4n) is 3.82. The average molecular weight is 318 g/mol. The van der Waals surface area contributed by atoms with Crippen LogP contribution in [0.3, 0.4) is 0 Å². The molecule has 1 saturated carbocycles. The molecule has 6 nitrogen and oxygen atoms in total. The number of hydrogen-bond acceptors (Lipinski definition) is 4. The summed E-state index contributed by atoms with van der Waals surface area (Å²) in [6, 6.07) is 3.26. The van der Waals surface area contributed by atoms with Gasteiger partial charge in [-0.2, -0.15) is 0 Å². The quantitative estimate of drug-likeness (QED) is 0.629. The largest absolute Gasteiger partial charge is 0.490 e. The predicted octanol–water partition coefficient (Wildman–Crippen LogP) is 3.53. The van der Waals surface area contributed by atoms with Crippen molar-refractivity contribution < 1.29 is 14.5 Å². The van der Waals surface area contributed by atoms with Gasteiger partial charge in [0.05, 0.1) is 17.6 Å². The topological polar surface area (TPSA) is 72.7 Å². The van der Waals surface area contributed by atoms with Crippen molar-refractivity contribution in [3.63, 3.8) is 0 Å². The number of amides is 1. The van der Waals surface area contributed by atoms with E-state index in [0.29, 0.717) is 12.1 Å². The van der Waals surface area contributed by atoms with E-state index >= 15 is 0 Å². The van der Waals surface area contributed by atoms with Crippen molar-refractivity contribution in [2.45, 2.75) is 51.6 Å². The van der Waals surface area contributed by atoms with Crippen LogP contribution in [0.25, 0.3) is 0 Å². The van der Waals surface area contributed by atoms with Gasteiger partial charge >= 0.3 is 5.69 Å². The maximum atomic E-state index is 12.7. The second-order valence-electron chi connectivity index (χ2n) is 6.45. The van der Waals surface area contributed by atoms with E-state index in [9.17, 15) is 14.9 Å². The Morgan fingerprint density at radius 2 is 2.00 bits per heavy atom. The van der Waals surface area contributed by atoms with E-state index < -0.39 is 4.92 Å². The number of nitrogens with zero attached hydrogens (tertiary/aromatic N) is 2. The minimum Gasteiger partial charge on any atom is -0.490 e. The van der Waals surface area contributed by atoms with Crippen molar-refractivity contribution in [1.29, 1.82) is 0 Å². The number of nitro groups is 1. The first-order valence-corrected chi connectivity index (χ1v) is 8.21. The van der Waals surface area contributed by atoms with Crippen molar-refractivity contribution in [2.75, 3.05) is 7.11 Å². The molecule has 23 heavy (non-hydrogen) atoms. The molecular weight excluding hydrogens is 296 g/mol. The summed E-state index contributed by atoms with van der Waals surface area (Å²) in [4.78, 5) is 25.2. The van der Waals surface area contributed by atoms with E-state index in [1.165, 1.54) is 19.6 Å². The number of hydrogen-bond donors (Lipinski definition) is 0. The monoisotopic (exact) mass is 318 g/mol. The van der Waals surface area contributed by atoms with Gasteiger partial charge in [-0.05, 0) is 43.2 Å². The highest BCUT2D eigenvalue weighted by Gasteiger charge is 2.36. The summed E-state index contributed by atoms with van der Waals surface area (Å²) in [6.07, 6.45) is 5.56. The molecule has 1 aliphatic carbocycles. The molecule has 0 radical (unpaired) electrons. The molecule has 1 aromatic carbocycles. The minimum atomic E-state index is -0.499. The van der Waals surface area contributed by atoms with Crippen LogP contribution in [0.15, 0.2) is 12.1 Å². The zero-order valence-electron chi connectivity index (χ0n) is 13.6. The van der Waals surface area contributed by atoms with Gasteiger partial charge in [-0.3, -0.25) is 14.9 Å². The molecule has 1 heterocycles. The molecule has 3 rings (SSSR count). The molecule has 0 aromatic heterocycles. The van der Waals surface area contributed by atoms with Crippen LogP contribution in [-0.4, -0.2) is 28.9 Å². The highest BCUT2D eigenvalue weighted by atomic mass is 16.6. The van der Waals surface area contributed by atoms with Crippen LogP contribution in [0.5, 0.6) is 5.75 Å². The Morgan fingerprint density at radius 1 is 1.30 bits per heavy atom. The molecule has 2 aliphatic rings. The van der Waals surface area contributed by atoms with Gasteiger partial charge in [0.1, 0.15) is 0 Å². The first kappa shape index (κ1) is 15.8. The lowest BCUT2D eigenvalue weighted by Crippen LogP contribution is -2.38. The zero-order valence-corrected chi connectivity index (χ0v) is 13.6. The lowest BCUT2D eigenvalue weighted by Gasteiger charge is -2.34. The summed E-state index contributed by atoms with van der Waals surface area (Å²) in [5.41, 5.74) is 1.14. The van der Waals surface area contributed by atoms with Gasteiger partial charge in [0.2, 0.25) is 0 Å². The second-order valence-corrected chi connectivity index (χ2v) is 6.45. The molecule has 0 saturated heterocycles. The molecule has 0 bridgehead atoms. The van der Waals surface area contributed by atoms with Crippen LogP contribution in [0.2, 0.25) is 0 Å². The van der Waals surface area contributed by atoms with Gasteiger partial charge < -0.3 is 9.64 Å². The van der Waals surface area contributed by atoms with Crippen LogP contribution < -0.4 is 4.74 Å². The normalized spacial score (nSPS) is 23.7. The Kier molecular flexibility index (Phi) is 4.24. The standard InChI is InChI=1S/C17H22N2O4/c1-3-11-4-6-13(7-5-11)18-10-12-8-16(23-2)15(19(21)22)9-14(12)17(18)20/h8-9,11,13H,3-7,10H2,1-2H3/t11-,13-. The van der Waals surface area contributed by atoms with E-state index in [2.05, 4.69) is 6.92 Å². The number of carbonyl (C=O) groups excluding carboxylic acids is 1. The smallest absolute Gasteiger partial charge is 0.311 e. The Balaban J connectivity index is 1.83. The van der Waals surface area contributed by atoms with Gasteiger partial charge in [-0.15, -0.1) is 0 Å². The minimum absolute atomic E-state index is 0.0781. The van der Waals surface area contributed by atoms with Crippen LogP contribution in [-0.2, 0) is 6.54 Å². The van der Waals surface area contributed by atoms with Gasteiger partial charge in [-0.1, -0.05) is 13.3 Å². The summed E-state index contributed by atoms with van der Waals surface area (Å²) >= 11 is 0. The van der Waals surface area contributed by atoms with E-state index in [1.807, 2.05) is 4.90 Å². The van der Waals surface area contributed by atoms with Gasteiger partial charge in [0, 0.05) is 18.7 Å². The molecule has 6 heteroatoms. The molecule has 124 valence electrons. The molecule has 1 aliphatic heterocycles. The summed E-state index contributed by atoms with van der Waals surface area (Å²) in [5.74, 6) is 0.913. The van der Waals surface area contributed by atoms with Gasteiger partial charge in [0.15, 0.2) is 5.75 Å². The summed E-state index contributed by atoms with van der Waals surface area (Å²) in [7, 11) is 1.41. The lowest BCUT2D eigenvalue weighted by atomic mass is 9.84. The van der Waals surface area contributed by atoms with Crippen molar-refractivity contribution in [3.8, 4) is 5.75 Å². The Labute approximate surface area is 135 Å². The van der Waals surface area contributed by atoms with Crippen molar-refractivity contribution in [2.24, 2.45) is 5.92 Å². The number of fused-ring (bicyclic) bond motifs is 1. The van der Waals surface area contributed by atoms with Crippen molar-refractivity contribution in [3.05, 3.63) is 33.4 Å². The molecule has 1 amide bonds. The highest BCUT2D eigenvalue weighted by molar-refractivity contribution is 5.99. The van der Waals surface area contributed by atoms with Crippen LogP contribution in [0, 0.1) is 16.0 Å². The molecule has 1 fully saturated rings. The second kappa shape index (κ2) is 6.18. The Hall–Kier alpha value is -2.11. The van der Waals surface area contributed by atoms with Crippen molar-refractivity contribution >= 4 is 11.6 Å². The molecule has 0 spiro atoms. The fraction of sp³-hybridized carbons (Fsp3) is 0.588. The third-order valence-corrected chi connectivity index (χ3v) is 5.27. The number of carbonyl (C=O) groups is 1. The molecular formula is C17H22N2O4. The summed E-state index contributed by atoms with van der Waals surface area (Å²) in [5, 5.41) is 11.1. The zero-order chi connectivity index (χ0) is 16.6. The number of methoxy groups -OCH3 is 1. The average Bonchev–Trinajstić information content (AvgIpc) is 2.89. The number of nitro benzene ring substituents is 1. The molecule has 0 N–H and O–H groups in total. The van der Waals surface area contributed by atoms with Gasteiger partial charge in [-0.25, -0.2) is 0 Å². The van der Waals surface area contributed by atoms with Crippen LogP contribution >= 0.6 is 0 Å². The number of rotatable bonds is 4. The van der Waals surface area contributed by atoms with Crippen LogP contribution in [0.1, 0.15) is 54.9 Å². The maximum Gasteiger partial charge on any atom is 0.311 e. The third-order valence-electron chi connectivity index (χ3n) is 5.27. The first-order valence-electron chi connectivity index (χ1n) is 8.21. The summed E-state index contributed by atoms with van der Waals surface area (Å²) < 4.78 is 5.10. The van der Waals surface area contributed by atoms with E-state index in [0.717, 1.165) is 37.2 Å². The third kappa shape index (κ3) is 2.78.